The Balaban J connectivity index is 0.000000175. The van der Waals surface area contributed by atoms with Crippen LogP contribution in [0.15, 0.2) is 243 Å². The van der Waals surface area contributed by atoms with E-state index in [9.17, 15) is 0 Å². The van der Waals surface area contributed by atoms with Gasteiger partial charge in [0.15, 0.2) is 0 Å². The number of benzene rings is 8. The zero-order valence-electron chi connectivity index (χ0n) is 60.5. The van der Waals surface area contributed by atoms with Gasteiger partial charge in [-0.3, -0.25) is 0 Å². The molecule has 0 saturated heterocycles. The molecule has 9 nitrogen and oxygen atoms in total. The first-order valence-corrected chi connectivity index (χ1v) is 35.4. The quantitative estimate of drug-likeness (QED) is 0.137. The Labute approximate surface area is 644 Å². The van der Waals surface area contributed by atoms with E-state index in [-0.39, 0.29) is 39.6 Å². The van der Waals surface area contributed by atoms with Crippen LogP contribution in [0.25, 0.3) is 182 Å². The van der Waals surface area contributed by atoms with Crippen LogP contribution >= 0.6 is 0 Å². The predicted octanol–water partition coefficient (Wildman–Crippen LogP) is 22.8. The van der Waals surface area contributed by atoms with Crippen LogP contribution in [0.4, 0.5) is 0 Å². The Kier molecular flexibility index (Phi) is 20.3. The molecule has 0 fully saturated rings. The monoisotopic (exact) mass is 1460 g/mol. The summed E-state index contributed by atoms with van der Waals surface area (Å²) in [5.74, 6) is 0. The van der Waals surface area contributed by atoms with Crippen LogP contribution in [-0.2, 0) is 34.1 Å². The molecule has 11 heteroatoms. The third-order valence-corrected chi connectivity index (χ3v) is 19.9. The van der Waals surface area contributed by atoms with E-state index in [0.717, 1.165) is 179 Å². The summed E-state index contributed by atoms with van der Waals surface area (Å²) in [5.41, 5.74) is 39.9. The van der Waals surface area contributed by atoms with E-state index in [1.54, 1.807) is 0 Å². The van der Waals surface area contributed by atoms with Gasteiger partial charge in [0.25, 0.3) is 0 Å². The zero-order valence-corrected chi connectivity index (χ0v) is 62.9. The molecule has 16 bridgehead atoms. The Morgan fingerprint density at radius 3 is 0.364 bits per heavy atom. The molecule has 6 aromatic heterocycles. The number of aryl methyl sites for hydroxylation is 8. The van der Waals surface area contributed by atoms with Crippen molar-refractivity contribution in [2.45, 2.75) is 55.4 Å². The molecule has 14 aromatic rings. The van der Waals surface area contributed by atoms with E-state index in [2.05, 4.69) is 347 Å². The van der Waals surface area contributed by atoms with Gasteiger partial charge in [0.2, 0.25) is 0 Å². The maximum atomic E-state index is 5.37. The summed E-state index contributed by atoms with van der Waals surface area (Å²) in [7, 11) is 0. The second-order valence-electron chi connectivity index (χ2n) is 27.7. The minimum Gasteiger partial charge on any atom is -0.657 e. The molecule has 0 amide bonds. The van der Waals surface area contributed by atoms with E-state index in [0.29, 0.717) is 0 Å². The number of rotatable bonds is 8. The van der Waals surface area contributed by atoms with Crippen LogP contribution in [0.3, 0.4) is 0 Å². The molecule has 0 unspecified atom stereocenters. The van der Waals surface area contributed by atoms with Crippen molar-refractivity contribution >= 4 is 92.7 Å². The van der Waals surface area contributed by atoms with Crippen molar-refractivity contribution in [2.75, 3.05) is 0 Å². The topological polar surface area (TPSA) is 139 Å². The minimum atomic E-state index is 0. The first-order chi connectivity index (χ1) is 50.7. The number of fused-ring (bicyclic) bond motifs is 16. The van der Waals surface area contributed by atoms with Crippen molar-refractivity contribution in [3.05, 3.63) is 333 Å². The number of hydrogen-bond donors (Lipinski definition) is 0. The van der Waals surface area contributed by atoms with Crippen LogP contribution in [0.2, 0.25) is 0 Å². The fraction of sp³-hybridized carbons (Fsp3) is 0.0833. The average molecular weight is 1470 g/mol. The Bertz CT molecular complexity index is 5100. The number of hydrogen-bond acceptors (Lipinski definition) is 4. The second-order valence-corrected chi connectivity index (χ2v) is 27.7. The van der Waals surface area contributed by atoms with Gasteiger partial charge in [0, 0.05) is 0 Å². The molecule has 4 aliphatic heterocycles. The summed E-state index contributed by atoms with van der Waals surface area (Å²) in [6.45, 7) is 16.9. The fourth-order valence-corrected chi connectivity index (χ4v) is 14.3. The molecule has 0 spiro atoms. The smallest absolute Gasteiger partial charge is 0.657 e. The fourth-order valence-electron chi connectivity index (χ4n) is 14.3. The summed E-state index contributed by atoms with van der Waals surface area (Å²) in [6.07, 6.45) is 17.0. The van der Waals surface area contributed by atoms with E-state index < -0.39 is 0 Å². The van der Waals surface area contributed by atoms with Gasteiger partial charge in [-0.15, -0.1) is 44.1 Å². The van der Waals surface area contributed by atoms with E-state index in [1.165, 1.54) is 44.5 Å². The van der Waals surface area contributed by atoms with E-state index in [1.807, 2.05) is 0 Å². The third kappa shape index (κ3) is 14.3. The summed E-state index contributed by atoms with van der Waals surface area (Å²) >= 11 is 0. The molecule has 0 saturated carbocycles. The standard InChI is InChI=1S/2C48H36N4.2Mn.H2O/c2*1-29-5-13-33(14-6-29)45-37-21-23-39(49-37)46(34-15-7-30(2)8-16-34)41-25-27-43(51-41)48(36-19-11-32(4)12-20-36)44-28-26-42(52-44)47(40-24-22-38(45)50-40)35-17-9-31(3)10-18-35;;;/h2*5-28H,1-4H3;;;1H2/q2*-2;2*+2;. The van der Waals surface area contributed by atoms with Crippen molar-refractivity contribution < 1.29 is 39.6 Å². The first kappa shape index (κ1) is 71.9. The minimum absolute atomic E-state index is 0. The van der Waals surface area contributed by atoms with Crippen molar-refractivity contribution in [3.8, 4) is 89.0 Å². The molecular formula is C96H74Mn2N8O. The van der Waals surface area contributed by atoms with Gasteiger partial charge in [-0.2, -0.15) is 0 Å². The maximum absolute atomic E-state index is 5.37. The van der Waals surface area contributed by atoms with Crippen LogP contribution in [0.5, 0.6) is 0 Å². The van der Waals surface area contributed by atoms with E-state index >= 15 is 0 Å². The van der Waals surface area contributed by atoms with Gasteiger partial charge in [0.05, 0.1) is 45.6 Å². The van der Waals surface area contributed by atoms with E-state index in [4.69, 9.17) is 39.9 Å². The van der Waals surface area contributed by atoms with Gasteiger partial charge in [0.1, 0.15) is 0 Å². The molecule has 0 atom stereocenters. The SMILES string of the molecule is Cc1ccc(-c2c3nc(c(-c4ccc(C)cc4)c4ccc([n-]4)c(-c4ccc(C)cc4)c4nc(c(-c5ccc(C)cc5)c5ccc2[n-]5)C=C4)C=C3)cc1.Cc1ccc(-c2c3nc(c(-c4ccc(C)cc4)c4ccc([n-]4)c(-c4ccc(C)cc4)c4nc(c(-c5ccc(C)cc5)c5ccc2[n-]5)C=C4)C=C3)cc1.O.[Mn+2].[Mn+2]. The van der Waals surface area contributed by atoms with Gasteiger partial charge < -0.3 is 25.4 Å². The normalized spacial score (nSPS) is 11.7. The van der Waals surface area contributed by atoms with Gasteiger partial charge in [-0.05, 0) is 193 Å². The molecule has 18 rings (SSSR count). The van der Waals surface area contributed by atoms with Crippen molar-refractivity contribution in [3.63, 3.8) is 0 Å². The van der Waals surface area contributed by atoms with Crippen molar-refractivity contribution in [1.82, 2.24) is 39.9 Å². The van der Waals surface area contributed by atoms with Gasteiger partial charge in [-0.25, -0.2) is 19.9 Å². The first-order valence-electron chi connectivity index (χ1n) is 35.4. The number of aromatic nitrogens is 8. The molecule has 10 heterocycles. The Morgan fingerprint density at radius 2 is 0.262 bits per heavy atom. The molecular weight excluding hydrogens is 1390 g/mol. The summed E-state index contributed by atoms with van der Waals surface area (Å²) < 4.78 is 0. The van der Waals surface area contributed by atoms with Crippen LogP contribution in [0.1, 0.15) is 90.1 Å². The van der Waals surface area contributed by atoms with Crippen molar-refractivity contribution in [2.24, 2.45) is 0 Å². The summed E-state index contributed by atoms with van der Waals surface area (Å²) in [4.78, 5) is 43.0. The van der Waals surface area contributed by atoms with Gasteiger partial charge in [-0.1, -0.05) is 287 Å². The largest absolute Gasteiger partial charge is 2.00 e. The third-order valence-electron chi connectivity index (χ3n) is 19.9. The maximum Gasteiger partial charge on any atom is 2.00 e. The molecule has 107 heavy (non-hydrogen) atoms. The molecule has 8 aromatic carbocycles. The summed E-state index contributed by atoms with van der Waals surface area (Å²) in [5, 5.41) is 0. The predicted molar refractivity (Wildman–Crippen MR) is 439 cm³/mol. The molecule has 518 valence electrons. The van der Waals surface area contributed by atoms with Crippen molar-refractivity contribution in [1.29, 1.82) is 0 Å². The number of nitrogens with zero attached hydrogens (tertiary/aromatic N) is 8. The van der Waals surface area contributed by atoms with Crippen LogP contribution in [-0.4, -0.2) is 25.4 Å². The Hall–Kier alpha value is -12.0. The molecule has 4 aliphatic rings. The Morgan fingerprint density at radius 1 is 0.159 bits per heavy atom. The average Bonchev–Trinajstić information content (AvgIpc) is 1.63. The summed E-state index contributed by atoms with van der Waals surface area (Å²) in [6, 6.07) is 86.0. The molecule has 0 aliphatic carbocycles. The van der Waals surface area contributed by atoms with Crippen LogP contribution in [0, 0.1) is 55.4 Å². The van der Waals surface area contributed by atoms with Gasteiger partial charge >= 0.3 is 34.1 Å². The van der Waals surface area contributed by atoms with Crippen LogP contribution < -0.4 is 19.9 Å². The molecule has 2 radical (unpaired) electrons. The molecule has 2 N–H and O–H groups in total. The zero-order chi connectivity index (χ0) is 70.7. The second kappa shape index (κ2) is 30.2.